The number of benzene rings is 1. The molecule has 19 heavy (non-hydrogen) atoms. The second kappa shape index (κ2) is 7.26. The van der Waals surface area contributed by atoms with E-state index in [1.807, 2.05) is 12.1 Å². The molecule has 0 bridgehead atoms. The number of rotatable bonds is 6. The van der Waals surface area contributed by atoms with Crippen LogP contribution in [0, 0.1) is 0 Å². The van der Waals surface area contributed by atoms with E-state index < -0.39 is 0 Å². The van der Waals surface area contributed by atoms with Gasteiger partial charge in [0.05, 0.1) is 0 Å². The first-order valence-electron chi connectivity index (χ1n) is 7.03. The normalized spacial score (nSPS) is 13.9. The molecule has 3 N–H and O–H groups in total. The van der Waals surface area contributed by atoms with E-state index in [1.165, 1.54) is 11.1 Å². The Kier molecular flexibility index (Phi) is 5.36. The standard InChI is InChI=1S/C15H22N2O2/c18-10-3-1-2-8-17-15(19)14-6-4-5-12-11-16-9-7-13(12)14/h4-6,16,18H,1-3,7-11H2,(H,17,19). The molecule has 1 heterocycles. The molecule has 104 valence electrons. The highest BCUT2D eigenvalue weighted by molar-refractivity contribution is 5.96. The van der Waals surface area contributed by atoms with Crippen LogP contribution < -0.4 is 10.6 Å². The van der Waals surface area contributed by atoms with Gasteiger partial charge in [-0.1, -0.05) is 12.1 Å². The lowest BCUT2D eigenvalue weighted by molar-refractivity contribution is 0.0951. The van der Waals surface area contributed by atoms with Crippen LogP contribution in [0.25, 0.3) is 0 Å². The van der Waals surface area contributed by atoms with E-state index in [-0.39, 0.29) is 12.5 Å². The first-order valence-corrected chi connectivity index (χ1v) is 7.03. The van der Waals surface area contributed by atoms with Gasteiger partial charge in [-0.2, -0.15) is 0 Å². The number of carbonyl (C=O) groups excluding carboxylic acids is 1. The van der Waals surface area contributed by atoms with Gasteiger partial charge in [0.15, 0.2) is 0 Å². The first kappa shape index (κ1) is 14.0. The van der Waals surface area contributed by atoms with Gasteiger partial charge in [0.25, 0.3) is 5.91 Å². The van der Waals surface area contributed by atoms with Gasteiger partial charge in [-0.25, -0.2) is 0 Å². The van der Waals surface area contributed by atoms with Crippen molar-refractivity contribution >= 4 is 5.91 Å². The minimum Gasteiger partial charge on any atom is -0.396 e. The van der Waals surface area contributed by atoms with Gasteiger partial charge in [-0.05, 0) is 49.4 Å². The maximum Gasteiger partial charge on any atom is 0.251 e. The summed E-state index contributed by atoms with van der Waals surface area (Å²) in [6.45, 7) is 2.70. The number of amides is 1. The molecule has 1 aliphatic rings. The summed E-state index contributed by atoms with van der Waals surface area (Å²) in [4.78, 5) is 12.2. The zero-order valence-corrected chi connectivity index (χ0v) is 11.2. The monoisotopic (exact) mass is 262 g/mol. The van der Waals surface area contributed by atoms with Gasteiger partial charge in [0.2, 0.25) is 0 Å². The minimum absolute atomic E-state index is 0.0303. The van der Waals surface area contributed by atoms with E-state index in [0.717, 1.165) is 44.3 Å². The summed E-state index contributed by atoms with van der Waals surface area (Å²) >= 11 is 0. The summed E-state index contributed by atoms with van der Waals surface area (Å²) in [5.41, 5.74) is 3.24. The Balaban J connectivity index is 1.92. The predicted molar refractivity (Wildman–Crippen MR) is 75.1 cm³/mol. The van der Waals surface area contributed by atoms with Gasteiger partial charge in [-0.15, -0.1) is 0 Å². The summed E-state index contributed by atoms with van der Waals surface area (Å²) in [7, 11) is 0. The number of hydrogen-bond donors (Lipinski definition) is 3. The molecule has 2 rings (SSSR count). The number of aliphatic hydroxyl groups excluding tert-OH is 1. The van der Waals surface area contributed by atoms with Gasteiger partial charge in [0.1, 0.15) is 0 Å². The van der Waals surface area contributed by atoms with Crippen LogP contribution in [0.15, 0.2) is 18.2 Å². The molecule has 0 atom stereocenters. The van der Waals surface area contributed by atoms with Gasteiger partial charge in [0, 0.05) is 25.3 Å². The molecule has 0 spiro atoms. The van der Waals surface area contributed by atoms with Gasteiger partial charge >= 0.3 is 0 Å². The molecule has 1 amide bonds. The van der Waals surface area contributed by atoms with Crippen molar-refractivity contribution < 1.29 is 9.90 Å². The fourth-order valence-corrected chi connectivity index (χ4v) is 2.46. The second-order valence-corrected chi connectivity index (χ2v) is 4.91. The third-order valence-electron chi connectivity index (χ3n) is 3.51. The third kappa shape index (κ3) is 3.78. The molecule has 1 aromatic rings. The van der Waals surface area contributed by atoms with Crippen molar-refractivity contribution in [2.24, 2.45) is 0 Å². The largest absolute Gasteiger partial charge is 0.396 e. The maximum atomic E-state index is 12.2. The highest BCUT2D eigenvalue weighted by Gasteiger charge is 2.16. The lowest BCUT2D eigenvalue weighted by atomic mass is 9.95. The third-order valence-corrected chi connectivity index (χ3v) is 3.51. The molecular formula is C15H22N2O2. The zero-order chi connectivity index (χ0) is 13.5. The van der Waals surface area contributed by atoms with E-state index in [9.17, 15) is 4.79 Å². The Bertz CT molecular complexity index is 432. The van der Waals surface area contributed by atoms with Crippen LogP contribution in [0.1, 0.15) is 40.7 Å². The quantitative estimate of drug-likeness (QED) is 0.676. The molecule has 0 saturated carbocycles. The summed E-state index contributed by atoms with van der Waals surface area (Å²) in [5, 5.41) is 15.0. The van der Waals surface area contributed by atoms with Crippen LogP contribution >= 0.6 is 0 Å². The van der Waals surface area contributed by atoms with Crippen LogP contribution in [0.3, 0.4) is 0 Å². The van der Waals surface area contributed by atoms with Crippen molar-refractivity contribution in [1.29, 1.82) is 0 Å². The topological polar surface area (TPSA) is 61.4 Å². The van der Waals surface area contributed by atoms with Crippen molar-refractivity contribution in [3.8, 4) is 0 Å². The Morgan fingerprint density at radius 1 is 1.32 bits per heavy atom. The van der Waals surface area contributed by atoms with E-state index in [0.29, 0.717) is 6.54 Å². The molecule has 1 aromatic carbocycles. The Morgan fingerprint density at radius 3 is 3.05 bits per heavy atom. The average molecular weight is 262 g/mol. The molecule has 0 radical (unpaired) electrons. The number of nitrogens with one attached hydrogen (secondary N) is 2. The number of fused-ring (bicyclic) bond motifs is 1. The molecule has 1 aliphatic heterocycles. The predicted octanol–water partition coefficient (Wildman–Crippen LogP) is 1.22. The van der Waals surface area contributed by atoms with Crippen molar-refractivity contribution in [1.82, 2.24) is 10.6 Å². The van der Waals surface area contributed by atoms with Crippen LogP contribution in [0.4, 0.5) is 0 Å². The average Bonchev–Trinajstić information content (AvgIpc) is 2.46. The minimum atomic E-state index is 0.0303. The molecular weight excluding hydrogens is 240 g/mol. The van der Waals surface area contributed by atoms with Gasteiger partial charge in [-0.3, -0.25) is 4.79 Å². The first-order chi connectivity index (χ1) is 9.33. The highest BCUT2D eigenvalue weighted by atomic mass is 16.2. The molecule has 4 heteroatoms. The number of hydrogen-bond acceptors (Lipinski definition) is 3. The van der Waals surface area contributed by atoms with Crippen molar-refractivity contribution in [3.05, 3.63) is 34.9 Å². The smallest absolute Gasteiger partial charge is 0.251 e. The Labute approximate surface area is 114 Å². The second-order valence-electron chi connectivity index (χ2n) is 4.91. The van der Waals surface area contributed by atoms with Crippen LogP contribution in [0.5, 0.6) is 0 Å². The fraction of sp³-hybridized carbons (Fsp3) is 0.533. The van der Waals surface area contributed by atoms with E-state index in [1.54, 1.807) is 0 Å². The van der Waals surface area contributed by atoms with E-state index >= 15 is 0 Å². The lowest BCUT2D eigenvalue weighted by Gasteiger charge is -2.19. The Morgan fingerprint density at radius 2 is 2.21 bits per heavy atom. The lowest BCUT2D eigenvalue weighted by Crippen LogP contribution is -2.30. The van der Waals surface area contributed by atoms with Crippen LogP contribution in [0.2, 0.25) is 0 Å². The zero-order valence-electron chi connectivity index (χ0n) is 11.2. The molecule has 0 unspecified atom stereocenters. The summed E-state index contributed by atoms with van der Waals surface area (Å²) in [6, 6.07) is 5.94. The van der Waals surface area contributed by atoms with Crippen LogP contribution in [-0.4, -0.2) is 30.7 Å². The summed E-state index contributed by atoms with van der Waals surface area (Å²) in [6.07, 6.45) is 3.60. The van der Waals surface area contributed by atoms with Crippen molar-refractivity contribution in [2.45, 2.75) is 32.2 Å². The molecule has 0 aliphatic carbocycles. The SMILES string of the molecule is O=C(NCCCCCO)c1cccc2c1CCNC2. The molecule has 0 aromatic heterocycles. The number of unbranched alkanes of at least 4 members (excludes halogenated alkanes) is 2. The molecule has 0 saturated heterocycles. The van der Waals surface area contributed by atoms with Crippen molar-refractivity contribution in [3.63, 3.8) is 0 Å². The highest BCUT2D eigenvalue weighted by Crippen LogP contribution is 2.18. The van der Waals surface area contributed by atoms with Gasteiger partial charge < -0.3 is 15.7 Å². The number of carbonyl (C=O) groups is 1. The van der Waals surface area contributed by atoms with E-state index in [2.05, 4.69) is 16.7 Å². The fourth-order valence-electron chi connectivity index (χ4n) is 2.46. The Hall–Kier alpha value is -1.39. The van der Waals surface area contributed by atoms with Crippen LogP contribution in [-0.2, 0) is 13.0 Å². The molecule has 0 fully saturated rings. The van der Waals surface area contributed by atoms with Crippen molar-refractivity contribution in [2.75, 3.05) is 19.7 Å². The maximum absolute atomic E-state index is 12.2. The summed E-state index contributed by atoms with van der Waals surface area (Å²) < 4.78 is 0. The number of aliphatic hydroxyl groups is 1. The molecule has 4 nitrogen and oxygen atoms in total. The summed E-state index contributed by atoms with van der Waals surface area (Å²) in [5.74, 6) is 0.0303. The van der Waals surface area contributed by atoms with E-state index in [4.69, 9.17) is 5.11 Å².